The lowest BCUT2D eigenvalue weighted by Gasteiger charge is -2.39. The van der Waals surface area contributed by atoms with Crippen LogP contribution >= 0.6 is 0 Å². The van der Waals surface area contributed by atoms with Gasteiger partial charge in [0, 0.05) is 55.0 Å². The van der Waals surface area contributed by atoms with E-state index < -0.39 is 58.8 Å². The number of aryl methyl sites for hydroxylation is 1. The summed E-state index contributed by atoms with van der Waals surface area (Å²) in [4.78, 5) is 82.2. The lowest BCUT2D eigenvalue weighted by molar-refractivity contribution is -0.148. The Morgan fingerprint density at radius 2 is 1.59 bits per heavy atom. The maximum Gasteiger partial charge on any atom is 0.328 e. The van der Waals surface area contributed by atoms with Gasteiger partial charge in [0.15, 0.2) is 0 Å². The van der Waals surface area contributed by atoms with Gasteiger partial charge in [0.1, 0.15) is 17.9 Å². The van der Waals surface area contributed by atoms with Crippen molar-refractivity contribution in [1.29, 1.82) is 0 Å². The number of nitrogens with two attached hydrogens (primary N) is 1. The number of Topliss-reactive ketones (excluding diaryl/α,β-unsaturated/α-hetero) is 1. The van der Waals surface area contributed by atoms with Gasteiger partial charge in [-0.25, -0.2) is 4.79 Å². The fraction of sp³-hybridized carbons (Fsp3) is 0.644. The van der Waals surface area contributed by atoms with E-state index in [1.165, 1.54) is 7.11 Å². The highest BCUT2D eigenvalue weighted by molar-refractivity contribution is 5.96. The van der Waals surface area contributed by atoms with Gasteiger partial charge >= 0.3 is 11.9 Å². The topological polar surface area (TPSA) is 191 Å². The van der Waals surface area contributed by atoms with Crippen molar-refractivity contribution in [2.45, 2.75) is 130 Å². The molecule has 1 aromatic carbocycles. The molecule has 1 heterocycles. The molecule has 330 valence electrons. The number of aromatic nitrogens is 1. The number of nitrogens with zero attached hydrogens (tertiary/aromatic N) is 2. The Bertz CT molecular complexity index is 1790. The molecule has 0 radical (unpaired) electrons. The number of unbranched alkanes of at least 4 members (excludes halogenated alkanes) is 1. The summed E-state index contributed by atoms with van der Waals surface area (Å²) in [6.45, 7) is 17.3. The average molecular weight is 825 g/mol. The van der Waals surface area contributed by atoms with Gasteiger partial charge in [-0.3, -0.25) is 24.0 Å². The Balaban J connectivity index is 2.30. The number of benzene rings is 1. The van der Waals surface area contributed by atoms with E-state index in [2.05, 4.69) is 16.0 Å². The summed E-state index contributed by atoms with van der Waals surface area (Å²) >= 11 is 0. The van der Waals surface area contributed by atoms with Gasteiger partial charge in [-0.2, -0.15) is 0 Å². The minimum atomic E-state index is -1.13. The molecule has 0 aliphatic carbocycles. The molecule has 0 aliphatic rings. The van der Waals surface area contributed by atoms with Gasteiger partial charge in [0.25, 0.3) is 0 Å². The van der Waals surface area contributed by atoms with Gasteiger partial charge in [-0.05, 0) is 69.7 Å². The van der Waals surface area contributed by atoms with Gasteiger partial charge in [0.05, 0.1) is 31.7 Å². The zero-order valence-corrected chi connectivity index (χ0v) is 37.8. The number of likely N-dealkylation sites (N-methyl/N-ethyl adjacent to an activating group) is 2. The molecule has 5 N–H and O–H groups in total. The molecule has 0 aliphatic heterocycles. The standard InChI is InChI=1S/C45H72N6O8/c1-14-59-43(57)34(23-22-31(52)26-30(42(56)58-13)19-17-18-24-46)48-39(53)29(4)25-36(28(2)3)51(12)41(55)38(44(5,6)7)49-40(54)37(47-10)45(8,9)33-27-50(11)35-21-16-15-20-32(33)35/h15-16,20-21,25,27-28,30,34,36-38,47H,14,17-19,22-24,26,46H2,1-13H3,(H,48,53)(H,49,54)/b29-25+/t30-,34-,36-,37-,38-/m1/s1. The van der Waals surface area contributed by atoms with E-state index in [0.717, 1.165) is 16.5 Å². The number of hydrogen-bond acceptors (Lipinski definition) is 10. The van der Waals surface area contributed by atoms with Gasteiger partial charge in [-0.15, -0.1) is 0 Å². The van der Waals surface area contributed by atoms with Crippen LogP contribution in [0, 0.1) is 17.3 Å². The molecule has 0 bridgehead atoms. The van der Waals surface area contributed by atoms with Crippen molar-refractivity contribution in [3.63, 3.8) is 0 Å². The van der Waals surface area contributed by atoms with Crippen LogP contribution in [0.4, 0.5) is 0 Å². The zero-order chi connectivity index (χ0) is 44.8. The Morgan fingerprint density at radius 1 is 0.949 bits per heavy atom. The molecular formula is C45H72N6O8. The molecule has 0 spiro atoms. The lowest BCUT2D eigenvalue weighted by atomic mass is 9.76. The number of carbonyl (C=O) groups excluding carboxylic acids is 6. The third kappa shape index (κ3) is 13.7. The van der Waals surface area contributed by atoms with Gasteiger partial charge < -0.3 is 40.6 Å². The van der Waals surface area contributed by atoms with Crippen LogP contribution in [0.5, 0.6) is 0 Å². The fourth-order valence-corrected chi connectivity index (χ4v) is 7.59. The molecule has 0 saturated heterocycles. The number of hydrogen-bond donors (Lipinski definition) is 4. The number of esters is 2. The minimum Gasteiger partial charge on any atom is -0.469 e. The second-order valence-corrected chi connectivity index (χ2v) is 17.5. The zero-order valence-electron chi connectivity index (χ0n) is 37.8. The van der Waals surface area contributed by atoms with E-state index in [4.69, 9.17) is 15.2 Å². The number of carbonyl (C=O) groups is 6. The second kappa shape index (κ2) is 22.7. The van der Waals surface area contributed by atoms with Crippen molar-refractivity contribution in [2.75, 3.05) is 34.4 Å². The summed E-state index contributed by atoms with van der Waals surface area (Å²) in [6, 6.07) is 4.73. The number of amides is 3. The van der Waals surface area contributed by atoms with E-state index >= 15 is 0 Å². The first-order valence-corrected chi connectivity index (χ1v) is 20.8. The molecule has 5 atom stereocenters. The number of ketones is 1. The Labute approximate surface area is 351 Å². The Kier molecular flexibility index (Phi) is 19.5. The summed E-state index contributed by atoms with van der Waals surface area (Å²) in [7, 11) is 6.64. The van der Waals surface area contributed by atoms with E-state index in [0.29, 0.717) is 25.8 Å². The molecule has 3 amide bonds. The van der Waals surface area contributed by atoms with Crippen LogP contribution in [0.15, 0.2) is 42.1 Å². The summed E-state index contributed by atoms with van der Waals surface area (Å²) in [6.07, 6.45) is 5.40. The van der Waals surface area contributed by atoms with E-state index in [1.54, 1.807) is 38.9 Å². The van der Waals surface area contributed by atoms with Crippen molar-refractivity contribution >= 4 is 46.3 Å². The molecule has 14 nitrogen and oxygen atoms in total. The molecule has 14 heteroatoms. The summed E-state index contributed by atoms with van der Waals surface area (Å²) in [5.74, 6) is -3.40. The van der Waals surface area contributed by atoms with Crippen LogP contribution in [0.25, 0.3) is 10.9 Å². The number of methoxy groups -OCH3 is 1. The van der Waals surface area contributed by atoms with Crippen molar-refractivity contribution < 1.29 is 38.2 Å². The van der Waals surface area contributed by atoms with Crippen molar-refractivity contribution in [3.05, 3.63) is 47.7 Å². The van der Waals surface area contributed by atoms with Crippen LogP contribution in [0.2, 0.25) is 0 Å². The molecule has 0 unspecified atom stereocenters. The fourth-order valence-electron chi connectivity index (χ4n) is 7.59. The molecule has 0 fully saturated rings. The predicted octanol–water partition coefficient (Wildman–Crippen LogP) is 4.71. The van der Waals surface area contributed by atoms with E-state index in [9.17, 15) is 28.8 Å². The molecule has 1 aromatic heterocycles. The molecule has 59 heavy (non-hydrogen) atoms. The second-order valence-electron chi connectivity index (χ2n) is 17.5. The number of rotatable bonds is 23. The molecule has 2 aromatic rings. The SMILES string of the molecule is CCOC(=O)[C@@H](CCC(=O)C[C@@H](CCCCN)C(=O)OC)NC(=O)/C(C)=C/[C@H](C(C)C)N(C)C(=O)[C@@H](NC(=O)[C@@H](NC)C(C)(C)c1cn(C)c2ccccc12)C(C)(C)C. The number of fused-ring (bicyclic) bond motifs is 1. The molecular weight excluding hydrogens is 753 g/mol. The first-order valence-electron chi connectivity index (χ1n) is 20.8. The van der Waals surface area contributed by atoms with Crippen molar-refractivity contribution in [1.82, 2.24) is 25.4 Å². The first kappa shape index (κ1) is 50.6. The highest BCUT2D eigenvalue weighted by atomic mass is 16.5. The first-order chi connectivity index (χ1) is 27.6. The van der Waals surface area contributed by atoms with Crippen LogP contribution < -0.4 is 21.7 Å². The van der Waals surface area contributed by atoms with Gasteiger partial charge in [0.2, 0.25) is 17.7 Å². The normalized spacial score (nSPS) is 14.9. The van der Waals surface area contributed by atoms with Gasteiger partial charge in [-0.1, -0.05) is 79.2 Å². The van der Waals surface area contributed by atoms with Crippen molar-refractivity contribution in [2.24, 2.45) is 30.0 Å². The highest BCUT2D eigenvalue weighted by Crippen LogP contribution is 2.35. The van der Waals surface area contributed by atoms with Crippen LogP contribution in [0.1, 0.15) is 106 Å². The van der Waals surface area contributed by atoms with Crippen molar-refractivity contribution in [3.8, 4) is 0 Å². The number of nitrogens with one attached hydrogen (secondary N) is 3. The quantitative estimate of drug-likeness (QED) is 0.0694. The smallest absolute Gasteiger partial charge is 0.328 e. The monoisotopic (exact) mass is 825 g/mol. The largest absolute Gasteiger partial charge is 0.469 e. The Morgan fingerprint density at radius 3 is 2.15 bits per heavy atom. The number of para-hydroxylation sites is 1. The molecule has 2 rings (SSSR count). The highest BCUT2D eigenvalue weighted by Gasteiger charge is 2.42. The molecule has 0 saturated carbocycles. The third-order valence-corrected chi connectivity index (χ3v) is 11.1. The maximum atomic E-state index is 14.5. The minimum absolute atomic E-state index is 0.0305. The summed E-state index contributed by atoms with van der Waals surface area (Å²) in [5.41, 5.74) is 6.52. The third-order valence-electron chi connectivity index (χ3n) is 11.1. The summed E-state index contributed by atoms with van der Waals surface area (Å²) in [5, 5.41) is 10.1. The van der Waals surface area contributed by atoms with Crippen LogP contribution in [0.3, 0.4) is 0 Å². The predicted molar refractivity (Wildman–Crippen MR) is 231 cm³/mol. The maximum absolute atomic E-state index is 14.5. The average Bonchev–Trinajstić information content (AvgIpc) is 3.52. The van der Waals surface area contributed by atoms with Crippen LogP contribution in [-0.2, 0) is 50.7 Å². The van der Waals surface area contributed by atoms with E-state index in [1.807, 2.05) is 90.5 Å². The van der Waals surface area contributed by atoms with E-state index in [-0.39, 0.29) is 55.0 Å². The lowest BCUT2D eigenvalue weighted by Crippen LogP contribution is -2.61. The number of ether oxygens (including phenoxy) is 2. The van der Waals surface area contributed by atoms with Crippen LogP contribution in [-0.4, -0.2) is 103 Å². The summed E-state index contributed by atoms with van der Waals surface area (Å²) < 4.78 is 12.2. The Hall–Kier alpha value is -4.56.